The van der Waals surface area contributed by atoms with E-state index in [2.05, 4.69) is 47.3 Å². The summed E-state index contributed by atoms with van der Waals surface area (Å²) in [7, 11) is 1.77. The van der Waals surface area contributed by atoms with E-state index in [1.807, 2.05) is 0 Å². The molecule has 3 heteroatoms. The fourth-order valence-electron chi connectivity index (χ4n) is 2.79. The number of aryl methyl sites for hydroxylation is 2. The van der Waals surface area contributed by atoms with E-state index in [0.29, 0.717) is 0 Å². The van der Waals surface area contributed by atoms with Crippen molar-refractivity contribution in [3.8, 4) is 0 Å². The van der Waals surface area contributed by atoms with Crippen LogP contribution in [0.1, 0.15) is 31.7 Å². The van der Waals surface area contributed by atoms with Crippen LogP contribution in [0.15, 0.2) is 30.5 Å². The summed E-state index contributed by atoms with van der Waals surface area (Å²) in [6.45, 7) is 6.29. The summed E-state index contributed by atoms with van der Waals surface area (Å²) < 4.78 is 7.54. The Morgan fingerprint density at radius 2 is 2.00 bits per heavy atom. The molecule has 0 saturated carbocycles. The molecule has 0 bridgehead atoms. The summed E-state index contributed by atoms with van der Waals surface area (Å²) in [6.07, 6.45) is 6.95. The van der Waals surface area contributed by atoms with Crippen LogP contribution in [0, 0.1) is 0 Å². The molecule has 116 valence electrons. The average Bonchev–Trinajstić information content (AvgIpc) is 2.86. The van der Waals surface area contributed by atoms with Crippen molar-refractivity contribution in [3.05, 3.63) is 36.0 Å². The van der Waals surface area contributed by atoms with Gasteiger partial charge < -0.3 is 14.6 Å². The lowest BCUT2D eigenvalue weighted by molar-refractivity contribution is 0.190. The number of methoxy groups -OCH3 is 1. The summed E-state index contributed by atoms with van der Waals surface area (Å²) in [5.74, 6) is 0. The number of hydrogen-bond donors (Lipinski definition) is 1. The SMILES string of the molecule is CCCNCCCc1cn(CCCOC)c2ccccc12. The van der Waals surface area contributed by atoms with Crippen molar-refractivity contribution in [3.63, 3.8) is 0 Å². The van der Waals surface area contributed by atoms with E-state index in [4.69, 9.17) is 4.74 Å². The maximum absolute atomic E-state index is 5.16. The van der Waals surface area contributed by atoms with Gasteiger partial charge in [0.25, 0.3) is 0 Å². The number of benzene rings is 1. The van der Waals surface area contributed by atoms with Gasteiger partial charge in [-0.05, 0) is 50.4 Å². The van der Waals surface area contributed by atoms with Crippen molar-refractivity contribution in [2.45, 2.75) is 39.2 Å². The number of fused-ring (bicyclic) bond motifs is 1. The van der Waals surface area contributed by atoms with Crippen molar-refractivity contribution in [1.29, 1.82) is 0 Å². The van der Waals surface area contributed by atoms with Crippen LogP contribution < -0.4 is 5.32 Å². The molecule has 1 N–H and O–H groups in total. The van der Waals surface area contributed by atoms with Crippen molar-refractivity contribution in [1.82, 2.24) is 9.88 Å². The van der Waals surface area contributed by atoms with Gasteiger partial charge in [-0.15, -0.1) is 0 Å². The molecule has 0 saturated heterocycles. The second kappa shape index (κ2) is 8.85. The first-order valence-electron chi connectivity index (χ1n) is 8.13. The van der Waals surface area contributed by atoms with Crippen LogP contribution in [0.5, 0.6) is 0 Å². The monoisotopic (exact) mass is 288 g/mol. The molecular formula is C18H28N2O. The molecule has 1 aromatic heterocycles. The third-order valence-corrected chi connectivity index (χ3v) is 3.85. The molecule has 0 unspecified atom stereocenters. The first-order valence-corrected chi connectivity index (χ1v) is 8.13. The topological polar surface area (TPSA) is 26.2 Å². The van der Waals surface area contributed by atoms with Gasteiger partial charge >= 0.3 is 0 Å². The number of para-hydroxylation sites is 1. The van der Waals surface area contributed by atoms with E-state index in [1.54, 1.807) is 7.11 Å². The molecule has 2 aromatic rings. The molecule has 0 atom stereocenters. The molecular weight excluding hydrogens is 260 g/mol. The maximum atomic E-state index is 5.16. The van der Waals surface area contributed by atoms with E-state index >= 15 is 0 Å². The quantitative estimate of drug-likeness (QED) is 0.676. The largest absolute Gasteiger partial charge is 0.385 e. The Morgan fingerprint density at radius 1 is 1.14 bits per heavy atom. The summed E-state index contributed by atoms with van der Waals surface area (Å²) >= 11 is 0. The number of rotatable bonds is 10. The van der Waals surface area contributed by atoms with E-state index in [9.17, 15) is 0 Å². The molecule has 21 heavy (non-hydrogen) atoms. The lowest BCUT2D eigenvalue weighted by Crippen LogP contribution is -2.16. The van der Waals surface area contributed by atoms with Gasteiger partial charge in [0.05, 0.1) is 0 Å². The fraction of sp³-hybridized carbons (Fsp3) is 0.556. The van der Waals surface area contributed by atoms with Crippen molar-refractivity contribution in [2.24, 2.45) is 0 Å². The van der Waals surface area contributed by atoms with Crippen molar-refractivity contribution in [2.75, 3.05) is 26.8 Å². The smallest absolute Gasteiger partial charge is 0.0483 e. The highest BCUT2D eigenvalue weighted by molar-refractivity contribution is 5.83. The second-order valence-electron chi connectivity index (χ2n) is 5.56. The predicted octanol–water partition coefficient (Wildman–Crippen LogP) is 3.61. The number of nitrogens with zero attached hydrogens (tertiary/aromatic N) is 1. The van der Waals surface area contributed by atoms with Gasteiger partial charge in [0.1, 0.15) is 0 Å². The number of aromatic nitrogens is 1. The lowest BCUT2D eigenvalue weighted by atomic mass is 10.1. The number of nitrogens with one attached hydrogen (secondary N) is 1. The molecule has 0 spiro atoms. The van der Waals surface area contributed by atoms with Crippen LogP contribution >= 0.6 is 0 Å². The molecule has 0 radical (unpaired) electrons. The summed E-state index contributed by atoms with van der Waals surface area (Å²) in [5.41, 5.74) is 2.83. The van der Waals surface area contributed by atoms with Gasteiger partial charge in [0, 0.05) is 37.4 Å². The van der Waals surface area contributed by atoms with Crippen LogP contribution in [-0.4, -0.2) is 31.4 Å². The van der Waals surface area contributed by atoms with Gasteiger partial charge in [-0.1, -0.05) is 25.1 Å². The average molecular weight is 288 g/mol. The fourth-order valence-corrected chi connectivity index (χ4v) is 2.79. The zero-order valence-corrected chi connectivity index (χ0v) is 13.4. The Bertz CT molecular complexity index is 533. The van der Waals surface area contributed by atoms with E-state index < -0.39 is 0 Å². The minimum Gasteiger partial charge on any atom is -0.385 e. The maximum Gasteiger partial charge on any atom is 0.0483 e. The second-order valence-corrected chi connectivity index (χ2v) is 5.56. The highest BCUT2D eigenvalue weighted by Gasteiger charge is 2.07. The van der Waals surface area contributed by atoms with Crippen LogP contribution in [0.3, 0.4) is 0 Å². The van der Waals surface area contributed by atoms with Gasteiger partial charge in [0.2, 0.25) is 0 Å². The third kappa shape index (κ3) is 4.58. The van der Waals surface area contributed by atoms with Gasteiger partial charge in [-0.2, -0.15) is 0 Å². The Balaban J connectivity index is 2.01. The summed E-state index contributed by atoms with van der Waals surface area (Å²) in [4.78, 5) is 0. The van der Waals surface area contributed by atoms with Crippen LogP contribution in [0.25, 0.3) is 10.9 Å². The molecule has 0 aliphatic heterocycles. The summed E-state index contributed by atoms with van der Waals surface area (Å²) in [6, 6.07) is 8.74. The van der Waals surface area contributed by atoms with Gasteiger partial charge in [-0.25, -0.2) is 0 Å². The minimum atomic E-state index is 0.822. The molecule has 1 aromatic carbocycles. The molecule has 3 nitrogen and oxygen atoms in total. The van der Waals surface area contributed by atoms with Crippen LogP contribution in [0.2, 0.25) is 0 Å². The zero-order valence-electron chi connectivity index (χ0n) is 13.4. The molecule has 0 fully saturated rings. The Kier molecular flexibility index (Phi) is 6.77. The highest BCUT2D eigenvalue weighted by Crippen LogP contribution is 2.22. The Morgan fingerprint density at radius 3 is 2.81 bits per heavy atom. The standard InChI is InChI=1S/C18H28N2O/c1-3-11-19-12-6-8-16-15-20(13-7-14-21-2)18-10-5-4-9-17(16)18/h4-5,9-10,15,19H,3,6-8,11-14H2,1-2H3. The normalized spacial score (nSPS) is 11.3. The number of ether oxygens (including phenoxy) is 1. The van der Waals surface area contributed by atoms with Crippen LogP contribution in [-0.2, 0) is 17.7 Å². The van der Waals surface area contributed by atoms with E-state index in [1.165, 1.54) is 29.3 Å². The summed E-state index contributed by atoms with van der Waals surface area (Å²) in [5, 5.41) is 4.89. The zero-order chi connectivity index (χ0) is 14.9. The molecule has 0 aliphatic rings. The van der Waals surface area contributed by atoms with E-state index in [0.717, 1.165) is 39.1 Å². The van der Waals surface area contributed by atoms with Gasteiger partial charge in [-0.3, -0.25) is 0 Å². The molecule has 2 rings (SSSR count). The Hall–Kier alpha value is -1.32. The minimum absolute atomic E-state index is 0.822. The third-order valence-electron chi connectivity index (χ3n) is 3.85. The first kappa shape index (κ1) is 16.1. The first-order chi connectivity index (χ1) is 10.4. The highest BCUT2D eigenvalue weighted by atomic mass is 16.5. The van der Waals surface area contributed by atoms with Crippen molar-refractivity contribution >= 4 is 10.9 Å². The molecule has 0 amide bonds. The van der Waals surface area contributed by atoms with Gasteiger partial charge in [0.15, 0.2) is 0 Å². The predicted molar refractivity (Wildman–Crippen MR) is 89.9 cm³/mol. The van der Waals surface area contributed by atoms with Crippen molar-refractivity contribution < 1.29 is 4.74 Å². The molecule has 1 heterocycles. The van der Waals surface area contributed by atoms with E-state index in [-0.39, 0.29) is 0 Å². The lowest BCUT2D eigenvalue weighted by Gasteiger charge is -2.04. The number of hydrogen-bond acceptors (Lipinski definition) is 2. The Labute approximate surface area is 128 Å². The molecule has 0 aliphatic carbocycles. The van der Waals surface area contributed by atoms with Crippen LogP contribution in [0.4, 0.5) is 0 Å².